The Kier molecular flexibility index (Phi) is 5.01. The number of aromatic nitrogens is 1. The van der Waals surface area contributed by atoms with Gasteiger partial charge in [0.25, 0.3) is 0 Å². The van der Waals surface area contributed by atoms with Gasteiger partial charge in [-0.3, -0.25) is 0 Å². The first-order chi connectivity index (χ1) is 12.1. The zero-order chi connectivity index (χ0) is 18.0. The summed E-state index contributed by atoms with van der Waals surface area (Å²) in [4.78, 5) is 11.1. The summed E-state index contributed by atoms with van der Waals surface area (Å²) < 4.78 is 12.4. The first-order valence-electron chi connectivity index (χ1n) is 7.36. The molecule has 0 spiro atoms. The van der Waals surface area contributed by atoms with E-state index >= 15 is 0 Å². The van der Waals surface area contributed by atoms with Gasteiger partial charge < -0.3 is 19.1 Å². The number of hydrogen-bond donors (Lipinski definition) is 1. The summed E-state index contributed by atoms with van der Waals surface area (Å²) in [6.07, 6.45) is 0. The second kappa shape index (κ2) is 7.21. The minimum absolute atomic E-state index is 0.0779. The molecule has 3 aromatic rings. The fourth-order valence-electron chi connectivity index (χ4n) is 2.64. The Morgan fingerprint density at radius 1 is 1.16 bits per heavy atom. The zero-order valence-corrected chi connectivity index (χ0v) is 14.7. The van der Waals surface area contributed by atoms with Gasteiger partial charge in [-0.05, 0) is 29.4 Å². The Morgan fingerprint density at radius 2 is 1.88 bits per heavy atom. The molecule has 0 aliphatic carbocycles. The van der Waals surface area contributed by atoms with Crippen LogP contribution in [0.1, 0.15) is 0 Å². The van der Waals surface area contributed by atoms with Crippen molar-refractivity contribution >= 4 is 39.8 Å². The molecule has 0 radical (unpaired) electrons. The zero-order valence-electron chi connectivity index (χ0n) is 13.2. The fourth-order valence-corrected chi connectivity index (χ4v) is 3.06. The molecular weight excluding hydrogens is 367 g/mol. The van der Waals surface area contributed by atoms with Crippen LogP contribution in [0, 0.1) is 4.91 Å². The Morgan fingerprint density at radius 3 is 2.56 bits per heavy atom. The van der Waals surface area contributed by atoms with Crippen LogP contribution in [-0.4, -0.2) is 23.4 Å². The predicted molar refractivity (Wildman–Crippen MR) is 97.6 cm³/mol. The van der Waals surface area contributed by atoms with Crippen molar-refractivity contribution in [3.63, 3.8) is 0 Å². The van der Waals surface area contributed by atoms with E-state index in [1.165, 1.54) is 4.57 Å². The fraction of sp³-hybridized carbons (Fsp3) is 0.176. The standard InChI is InChI=1S/C17H14Cl2N2O4/c1-24-12-4-2-3-5-13(12)25-9-8-21-16-10(15(20-23)17(21)22)6-7-11(18)14(16)19/h2-7,22H,8-9H2,1H3. The molecule has 0 saturated carbocycles. The van der Waals surface area contributed by atoms with Crippen molar-refractivity contribution in [3.8, 4) is 17.4 Å². The van der Waals surface area contributed by atoms with Gasteiger partial charge in [-0.2, -0.15) is 0 Å². The van der Waals surface area contributed by atoms with Crippen LogP contribution in [0.25, 0.3) is 10.9 Å². The molecule has 0 aliphatic rings. The Bertz CT molecular complexity index is 940. The minimum atomic E-state index is -0.280. The van der Waals surface area contributed by atoms with Crippen LogP contribution >= 0.6 is 23.2 Å². The summed E-state index contributed by atoms with van der Waals surface area (Å²) in [5.74, 6) is 0.886. The van der Waals surface area contributed by atoms with Crippen LogP contribution < -0.4 is 9.47 Å². The van der Waals surface area contributed by atoms with Gasteiger partial charge in [0.1, 0.15) is 6.61 Å². The van der Waals surface area contributed by atoms with Crippen LogP contribution in [0.5, 0.6) is 17.4 Å². The molecule has 1 N–H and O–H groups in total. The SMILES string of the molecule is COc1ccccc1OCCn1c(O)c(N=O)c2ccc(Cl)c(Cl)c21. The van der Waals surface area contributed by atoms with Crippen molar-refractivity contribution in [3.05, 3.63) is 51.4 Å². The highest BCUT2D eigenvalue weighted by molar-refractivity contribution is 6.45. The van der Waals surface area contributed by atoms with Gasteiger partial charge in [-0.25, -0.2) is 0 Å². The number of halogens is 2. The number of nitroso groups, excluding NO2 is 1. The topological polar surface area (TPSA) is 73.1 Å². The number of hydrogen-bond acceptors (Lipinski definition) is 5. The quantitative estimate of drug-likeness (QED) is 0.600. The van der Waals surface area contributed by atoms with Crippen LogP contribution in [0.3, 0.4) is 0 Å². The Balaban J connectivity index is 1.92. The second-order valence-electron chi connectivity index (χ2n) is 5.17. The number of nitrogens with zero attached hydrogens (tertiary/aromatic N) is 2. The second-order valence-corrected chi connectivity index (χ2v) is 5.96. The van der Waals surface area contributed by atoms with Gasteiger partial charge in [0.15, 0.2) is 17.2 Å². The maximum absolute atomic E-state index is 11.1. The summed E-state index contributed by atoms with van der Waals surface area (Å²) in [6.45, 7) is 0.439. The maximum Gasteiger partial charge on any atom is 0.222 e. The van der Waals surface area contributed by atoms with Gasteiger partial charge in [0, 0.05) is 5.39 Å². The number of para-hydroxylation sites is 2. The molecule has 6 nitrogen and oxygen atoms in total. The lowest BCUT2D eigenvalue weighted by molar-refractivity contribution is 0.274. The van der Waals surface area contributed by atoms with E-state index in [1.807, 2.05) is 12.1 Å². The minimum Gasteiger partial charge on any atom is -0.493 e. The predicted octanol–water partition coefficient (Wildman–Crippen LogP) is 5.14. The van der Waals surface area contributed by atoms with E-state index in [1.54, 1.807) is 31.4 Å². The molecule has 0 fully saturated rings. The smallest absolute Gasteiger partial charge is 0.222 e. The van der Waals surface area contributed by atoms with Crippen molar-refractivity contribution in [2.24, 2.45) is 5.18 Å². The third-order valence-electron chi connectivity index (χ3n) is 3.79. The lowest BCUT2D eigenvalue weighted by Crippen LogP contribution is -2.08. The van der Waals surface area contributed by atoms with Crippen molar-refractivity contribution < 1.29 is 14.6 Å². The van der Waals surface area contributed by atoms with Crippen molar-refractivity contribution in [1.82, 2.24) is 4.57 Å². The highest BCUT2D eigenvalue weighted by Crippen LogP contribution is 2.43. The molecular formula is C17H14Cl2N2O4. The van der Waals surface area contributed by atoms with Crippen LogP contribution in [0.2, 0.25) is 10.0 Å². The number of aromatic hydroxyl groups is 1. The monoisotopic (exact) mass is 380 g/mol. The number of benzene rings is 2. The summed E-state index contributed by atoms with van der Waals surface area (Å²) in [7, 11) is 1.55. The van der Waals surface area contributed by atoms with Crippen LogP contribution in [-0.2, 0) is 6.54 Å². The number of ether oxygens (including phenoxy) is 2. The van der Waals surface area contributed by atoms with E-state index in [2.05, 4.69) is 5.18 Å². The summed E-state index contributed by atoms with van der Waals surface area (Å²) >= 11 is 12.3. The van der Waals surface area contributed by atoms with Gasteiger partial charge in [0.05, 0.1) is 29.2 Å². The Hall–Kier alpha value is -2.44. The number of methoxy groups -OCH3 is 1. The highest BCUT2D eigenvalue weighted by atomic mass is 35.5. The first kappa shape index (κ1) is 17.4. The van der Waals surface area contributed by atoms with E-state index in [0.717, 1.165) is 0 Å². The molecule has 130 valence electrons. The Labute approximate surface area is 153 Å². The number of rotatable bonds is 6. The van der Waals surface area contributed by atoms with E-state index < -0.39 is 0 Å². The number of fused-ring (bicyclic) bond motifs is 1. The molecule has 0 bridgehead atoms. The first-order valence-corrected chi connectivity index (χ1v) is 8.12. The maximum atomic E-state index is 11.1. The van der Waals surface area contributed by atoms with Gasteiger partial charge in [-0.1, -0.05) is 35.3 Å². The lowest BCUT2D eigenvalue weighted by atomic mass is 10.2. The van der Waals surface area contributed by atoms with Crippen molar-refractivity contribution in [1.29, 1.82) is 0 Å². The van der Waals surface area contributed by atoms with E-state index in [4.69, 9.17) is 32.7 Å². The molecule has 2 aromatic carbocycles. The van der Waals surface area contributed by atoms with E-state index in [-0.39, 0.29) is 29.7 Å². The van der Waals surface area contributed by atoms with Crippen LogP contribution in [0.4, 0.5) is 5.69 Å². The molecule has 8 heteroatoms. The molecule has 1 heterocycles. The van der Waals surface area contributed by atoms with Gasteiger partial charge in [-0.15, -0.1) is 4.91 Å². The summed E-state index contributed by atoms with van der Waals surface area (Å²) in [5.41, 5.74) is 0.357. The molecule has 25 heavy (non-hydrogen) atoms. The molecule has 0 aliphatic heterocycles. The largest absolute Gasteiger partial charge is 0.493 e. The molecule has 3 rings (SSSR count). The molecule has 0 saturated heterocycles. The average molecular weight is 381 g/mol. The molecule has 0 atom stereocenters. The van der Waals surface area contributed by atoms with Crippen LogP contribution in [0.15, 0.2) is 41.6 Å². The van der Waals surface area contributed by atoms with Gasteiger partial charge in [0.2, 0.25) is 5.88 Å². The molecule has 0 unspecified atom stereocenters. The summed E-state index contributed by atoms with van der Waals surface area (Å²) in [6, 6.07) is 10.4. The lowest BCUT2D eigenvalue weighted by Gasteiger charge is -2.12. The third-order valence-corrected chi connectivity index (χ3v) is 4.59. The van der Waals surface area contributed by atoms with E-state index in [9.17, 15) is 10.0 Å². The van der Waals surface area contributed by atoms with Crippen molar-refractivity contribution in [2.45, 2.75) is 6.54 Å². The van der Waals surface area contributed by atoms with E-state index in [0.29, 0.717) is 27.4 Å². The van der Waals surface area contributed by atoms with Crippen molar-refractivity contribution in [2.75, 3.05) is 13.7 Å². The normalized spacial score (nSPS) is 10.8. The summed E-state index contributed by atoms with van der Waals surface area (Å²) in [5, 5.41) is 14.2. The van der Waals surface area contributed by atoms with Gasteiger partial charge >= 0.3 is 0 Å². The molecule has 1 aromatic heterocycles. The average Bonchev–Trinajstić information content (AvgIpc) is 2.90. The molecule has 0 amide bonds. The third kappa shape index (κ3) is 3.10. The highest BCUT2D eigenvalue weighted by Gasteiger charge is 2.21.